The zero-order valence-electron chi connectivity index (χ0n) is 55.9. The summed E-state index contributed by atoms with van der Waals surface area (Å²) in [6, 6.07) is 0. The number of carboxylic acid groups (broad SMARTS) is 1. The minimum absolute atomic E-state index is 0.175. The number of unbranched alkanes of at least 4 members (excludes halogenated alkanes) is 26. The third-order valence-corrected chi connectivity index (χ3v) is 14.7. The number of aliphatic carboxylic acids is 1. The second kappa shape index (κ2) is 66.4. The number of hydrogen-bond acceptors (Lipinski definition) is 7. The molecule has 1 N–H and O–H groups in total. The molecule has 0 aromatic carbocycles. The van der Waals surface area contributed by atoms with Crippen LogP contribution in [0.4, 0.5) is 0 Å². The summed E-state index contributed by atoms with van der Waals surface area (Å²) >= 11 is 0. The maximum atomic E-state index is 12.9. The van der Waals surface area contributed by atoms with Crippen molar-refractivity contribution in [2.24, 2.45) is 0 Å². The lowest BCUT2D eigenvalue weighted by molar-refractivity contribution is -0.870. The Balaban J connectivity index is 4.25. The Morgan fingerprint density at radius 2 is 0.663 bits per heavy atom. The van der Waals surface area contributed by atoms with Gasteiger partial charge in [-0.1, -0.05) is 302 Å². The van der Waals surface area contributed by atoms with Crippen LogP contribution in [0.1, 0.15) is 277 Å². The highest BCUT2D eigenvalue weighted by Gasteiger charge is 2.25. The van der Waals surface area contributed by atoms with Crippen LogP contribution in [0.2, 0.25) is 0 Å². The number of carboxylic acids is 1. The van der Waals surface area contributed by atoms with Crippen molar-refractivity contribution in [3.05, 3.63) is 134 Å². The van der Waals surface area contributed by atoms with Gasteiger partial charge in [0.25, 0.3) is 6.29 Å². The summed E-state index contributed by atoms with van der Waals surface area (Å²) in [6.07, 6.45) is 92.8. The highest BCUT2D eigenvalue weighted by Crippen LogP contribution is 2.17. The van der Waals surface area contributed by atoms with E-state index >= 15 is 0 Å². The van der Waals surface area contributed by atoms with E-state index in [2.05, 4.69) is 148 Å². The van der Waals surface area contributed by atoms with Crippen molar-refractivity contribution in [2.75, 3.05) is 47.5 Å². The number of ether oxygens (including phenoxy) is 4. The Hall–Kier alpha value is -4.57. The maximum absolute atomic E-state index is 12.9. The van der Waals surface area contributed by atoms with Crippen LogP contribution in [-0.2, 0) is 33.3 Å². The monoisotopic (exact) mass is 1200 g/mol. The van der Waals surface area contributed by atoms with Gasteiger partial charge in [-0.15, -0.1) is 0 Å². The van der Waals surface area contributed by atoms with Gasteiger partial charge in [-0.25, -0.2) is 4.79 Å². The SMILES string of the molecule is CC/C=C\C/C=C\C/C=C\C/C=C\C/C=C\C/C=C\C/C=C\C/C=C\C/C=C\C/C=C\C/C=C\CCCCCC(=O)OC(COC(=O)CCCCCCCCCCCCCCCCCCCCCCCCCC)COC(OCC[N+](C)(C)C)C(=O)O. The van der Waals surface area contributed by atoms with Gasteiger partial charge in [-0.3, -0.25) is 9.59 Å². The van der Waals surface area contributed by atoms with Gasteiger partial charge < -0.3 is 28.5 Å². The highest BCUT2D eigenvalue weighted by atomic mass is 16.7. The molecule has 0 aliphatic rings. The molecule has 9 heteroatoms. The van der Waals surface area contributed by atoms with Crippen LogP contribution < -0.4 is 0 Å². The average molecular weight is 1200 g/mol. The van der Waals surface area contributed by atoms with E-state index in [1.807, 2.05) is 21.1 Å². The van der Waals surface area contributed by atoms with Crippen molar-refractivity contribution in [3.8, 4) is 0 Å². The molecule has 0 rings (SSSR count). The van der Waals surface area contributed by atoms with Crippen LogP contribution >= 0.6 is 0 Å². The van der Waals surface area contributed by atoms with E-state index in [-0.39, 0.29) is 32.2 Å². The predicted molar refractivity (Wildman–Crippen MR) is 368 cm³/mol. The van der Waals surface area contributed by atoms with Gasteiger partial charge in [0, 0.05) is 12.8 Å². The molecule has 2 atom stereocenters. The maximum Gasteiger partial charge on any atom is 0.361 e. The first-order chi connectivity index (χ1) is 42.1. The first kappa shape index (κ1) is 81.4. The van der Waals surface area contributed by atoms with Crippen molar-refractivity contribution in [2.45, 2.75) is 289 Å². The van der Waals surface area contributed by atoms with Crippen molar-refractivity contribution < 1.29 is 42.9 Å². The van der Waals surface area contributed by atoms with E-state index < -0.39 is 24.3 Å². The Kier molecular flexibility index (Phi) is 62.9. The van der Waals surface area contributed by atoms with Crippen LogP contribution in [0, 0.1) is 0 Å². The molecule has 0 spiro atoms. The number of carbonyl (C=O) groups is 3. The molecule has 9 nitrogen and oxygen atoms in total. The van der Waals surface area contributed by atoms with E-state index in [0.29, 0.717) is 23.9 Å². The molecule has 0 saturated heterocycles. The molecular weight excluding hydrogens is 1070 g/mol. The second-order valence-electron chi connectivity index (χ2n) is 24.1. The minimum atomic E-state index is -1.53. The first-order valence-corrected chi connectivity index (χ1v) is 34.8. The number of nitrogens with zero attached hydrogens (tertiary/aromatic N) is 1. The fourth-order valence-electron chi connectivity index (χ4n) is 9.37. The quantitative estimate of drug-likeness (QED) is 0.0211. The van der Waals surface area contributed by atoms with Crippen molar-refractivity contribution in [1.82, 2.24) is 0 Å². The van der Waals surface area contributed by atoms with E-state index in [9.17, 15) is 19.5 Å². The van der Waals surface area contributed by atoms with E-state index in [1.165, 1.54) is 135 Å². The van der Waals surface area contributed by atoms with Gasteiger partial charge in [0.15, 0.2) is 6.10 Å². The van der Waals surface area contributed by atoms with Crippen molar-refractivity contribution in [3.63, 3.8) is 0 Å². The first-order valence-electron chi connectivity index (χ1n) is 34.8. The lowest BCUT2D eigenvalue weighted by Crippen LogP contribution is -2.40. The number of hydrogen-bond donors (Lipinski definition) is 1. The third-order valence-electron chi connectivity index (χ3n) is 14.7. The van der Waals surface area contributed by atoms with Gasteiger partial charge >= 0.3 is 17.9 Å². The minimum Gasteiger partial charge on any atom is -0.477 e. The number of rotatable bonds is 63. The summed E-state index contributed by atoms with van der Waals surface area (Å²) in [6.45, 7) is 4.74. The molecule has 86 heavy (non-hydrogen) atoms. The summed E-state index contributed by atoms with van der Waals surface area (Å²) in [5.74, 6) is -2.05. The Morgan fingerprint density at radius 3 is 0.988 bits per heavy atom. The molecule has 0 fully saturated rings. The van der Waals surface area contributed by atoms with Gasteiger partial charge in [0.05, 0.1) is 34.4 Å². The smallest absolute Gasteiger partial charge is 0.361 e. The predicted octanol–water partition coefficient (Wildman–Crippen LogP) is 21.7. The molecule has 490 valence electrons. The number of allylic oxidation sites excluding steroid dienone is 22. The average Bonchev–Trinajstić information content (AvgIpc) is 3.64. The van der Waals surface area contributed by atoms with Crippen LogP contribution in [-0.4, -0.2) is 87.4 Å². The molecule has 0 amide bonds. The Labute approximate surface area is 529 Å². The molecule has 0 aliphatic carbocycles. The molecular formula is C77H130NO8+. The number of carbonyl (C=O) groups excluding carboxylic acids is 2. The normalized spacial score (nSPS) is 13.5. The summed E-state index contributed by atoms with van der Waals surface area (Å²) in [5.41, 5.74) is 0. The van der Waals surface area contributed by atoms with Crippen molar-refractivity contribution >= 4 is 17.9 Å². The summed E-state index contributed by atoms with van der Waals surface area (Å²) < 4.78 is 22.9. The summed E-state index contributed by atoms with van der Waals surface area (Å²) in [4.78, 5) is 37.6. The molecule has 2 unspecified atom stereocenters. The van der Waals surface area contributed by atoms with Gasteiger partial charge in [0.2, 0.25) is 0 Å². The number of quaternary nitrogens is 1. The second-order valence-corrected chi connectivity index (χ2v) is 24.1. The largest absolute Gasteiger partial charge is 0.477 e. The summed E-state index contributed by atoms with van der Waals surface area (Å²) in [7, 11) is 5.96. The third kappa shape index (κ3) is 66.9. The molecule has 0 saturated carbocycles. The lowest BCUT2D eigenvalue weighted by atomic mass is 10.0. The number of esters is 2. The zero-order chi connectivity index (χ0) is 62.6. The molecule has 0 aromatic rings. The Bertz CT molecular complexity index is 1870. The molecule has 0 radical (unpaired) electrons. The van der Waals surface area contributed by atoms with E-state index in [0.717, 1.165) is 109 Å². The van der Waals surface area contributed by atoms with Crippen LogP contribution in [0.3, 0.4) is 0 Å². The van der Waals surface area contributed by atoms with Crippen LogP contribution in [0.15, 0.2) is 134 Å². The fourth-order valence-corrected chi connectivity index (χ4v) is 9.37. The lowest BCUT2D eigenvalue weighted by Gasteiger charge is -2.25. The highest BCUT2D eigenvalue weighted by molar-refractivity contribution is 5.71. The fraction of sp³-hybridized carbons (Fsp3) is 0.675. The topological polar surface area (TPSA) is 108 Å². The Morgan fingerprint density at radius 1 is 0.360 bits per heavy atom. The van der Waals surface area contributed by atoms with E-state index in [4.69, 9.17) is 18.9 Å². The zero-order valence-corrected chi connectivity index (χ0v) is 55.9. The van der Waals surface area contributed by atoms with Gasteiger partial charge in [0.1, 0.15) is 13.2 Å². The molecule has 0 heterocycles. The molecule has 0 aliphatic heterocycles. The number of likely N-dealkylation sites (N-methyl/N-ethyl adjacent to an activating group) is 1. The molecule has 0 bridgehead atoms. The van der Waals surface area contributed by atoms with Crippen LogP contribution in [0.5, 0.6) is 0 Å². The standard InChI is InChI=1S/C77H129NO8/c1-6-8-10-12-14-16-18-20-22-24-26-28-30-32-33-34-35-36-37-38-39-40-41-42-43-44-46-48-50-52-54-56-58-60-62-64-66-68-75(80)86-73(72-85-77(76(81)82)83-70-69-78(3,4)5)71-84-74(79)67-65-63-61-59-57-55-53-51-49-47-45-31-29-27-25-23-21-19-17-15-13-11-9-7-2/h8,10,14,16,20,22,26,28,32-33,35-36,38-39,41-42,44,46,50,52,56,58,73,77H,6-7,9,11-13,15,17-19,21,23-25,27,29-31,34,37,40,43,45,47-49,51,53-55,57,59-72H2,1-5H3/p+1/b10-8-,16-14-,22-20-,28-26-,33-32-,36-35-,39-38-,42-41-,46-44-,52-50-,58-56-. The van der Waals surface area contributed by atoms with Crippen molar-refractivity contribution in [1.29, 1.82) is 0 Å². The molecule has 0 aromatic heterocycles. The van der Waals surface area contributed by atoms with Gasteiger partial charge in [-0.05, 0) is 96.3 Å². The summed E-state index contributed by atoms with van der Waals surface area (Å²) in [5, 5.41) is 9.74. The van der Waals surface area contributed by atoms with Gasteiger partial charge in [-0.2, -0.15) is 0 Å². The van der Waals surface area contributed by atoms with E-state index in [1.54, 1.807) is 0 Å². The van der Waals surface area contributed by atoms with Crippen LogP contribution in [0.25, 0.3) is 0 Å².